The molecular formula is C9H16N2S. The number of likely N-dealkylation sites (N-methyl/N-ethyl adjacent to an activating group) is 1. The molecule has 2 nitrogen and oxygen atoms in total. The van der Waals surface area contributed by atoms with Gasteiger partial charge in [-0.3, -0.25) is 0 Å². The highest BCUT2D eigenvalue weighted by atomic mass is 32.1. The van der Waals surface area contributed by atoms with Gasteiger partial charge in [-0.1, -0.05) is 6.92 Å². The summed E-state index contributed by atoms with van der Waals surface area (Å²) in [4.78, 5) is 0. The van der Waals surface area contributed by atoms with E-state index in [1.807, 2.05) is 0 Å². The highest BCUT2D eigenvalue weighted by molar-refractivity contribution is 7.14. The first-order valence-corrected chi connectivity index (χ1v) is 5.21. The normalized spacial score (nSPS) is 10.2. The van der Waals surface area contributed by atoms with E-state index in [0.717, 1.165) is 19.6 Å². The van der Waals surface area contributed by atoms with E-state index >= 15 is 0 Å². The largest absolute Gasteiger partial charge is 0.375 e. The molecule has 0 aliphatic carbocycles. The highest BCUT2D eigenvalue weighted by Gasteiger charge is 1.96. The third-order valence-electron chi connectivity index (χ3n) is 1.70. The van der Waals surface area contributed by atoms with Crippen LogP contribution in [-0.4, -0.2) is 19.6 Å². The lowest BCUT2D eigenvalue weighted by Crippen LogP contribution is -2.21. The van der Waals surface area contributed by atoms with Gasteiger partial charge in [0.25, 0.3) is 0 Å². The van der Waals surface area contributed by atoms with Crippen LogP contribution in [0, 0.1) is 6.92 Å². The highest BCUT2D eigenvalue weighted by Crippen LogP contribution is 2.20. The predicted octanol–water partition coefficient (Wildman–Crippen LogP) is 2.08. The summed E-state index contributed by atoms with van der Waals surface area (Å²) in [6.45, 7) is 7.34. The van der Waals surface area contributed by atoms with Crippen molar-refractivity contribution in [3.63, 3.8) is 0 Å². The van der Waals surface area contributed by atoms with Crippen molar-refractivity contribution in [3.05, 3.63) is 17.0 Å². The summed E-state index contributed by atoms with van der Waals surface area (Å²) in [5.41, 5.74) is 1.34. The van der Waals surface area contributed by atoms with Gasteiger partial charge in [0.2, 0.25) is 0 Å². The van der Waals surface area contributed by atoms with E-state index in [1.165, 1.54) is 10.6 Å². The van der Waals surface area contributed by atoms with Crippen LogP contribution in [0.5, 0.6) is 0 Å². The minimum atomic E-state index is 1.01. The number of anilines is 1. The SMILES string of the molecule is CCNCCNc1sccc1C. The minimum absolute atomic E-state index is 1.01. The Morgan fingerprint density at radius 3 is 2.83 bits per heavy atom. The second kappa shape index (κ2) is 5.17. The van der Waals surface area contributed by atoms with E-state index < -0.39 is 0 Å². The lowest BCUT2D eigenvalue weighted by Gasteiger charge is -2.04. The van der Waals surface area contributed by atoms with Crippen molar-refractivity contribution in [1.82, 2.24) is 5.32 Å². The van der Waals surface area contributed by atoms with Gasteiger partial charge < -0.3 is 10.6 Å². The van der Waals surface area contributed by atoms with Crippen molar-refractivity contribution >= 4 is 16.3 Å². The Hall–Kier alpha value is -0.540. The average molecular weight is 184 g/mol. The number of hydrogen-bond donors (Lipinski definition) is 2. The molecule has 0 atom stereocenters. The van der Waals surface area contributed by atoms with E-state index in [4.69, 9.17) is 0 Å². The van der Waals surface area contributed by atoms with Crippen molar-refractivity contribution in [2.24, 2.45) is 0 Å². The molecule has 0 aliphatic rings. The van der Waals surface area contributed by atoms with Crippen molar-refractivity contribution in [2.75, 3.05) is 25.0 Å². The van der Waals surface area contributed by atoms with E-state index in [0.29, 0.717) is 0 Å². The molecule has 0 fully saturated rings. The monoisotopic (exact) mass is 184 g/mol. The summed E-state index contributed by atoms with van der Waals surface area (Å²) in [7, 11) is 0. The fourth-order valence-corrected chi connectivity index (χ4v) is 1.84. The molecule has 0 saturated carbocycles. The number of hydrogen-bond acceptors (Lipinski definition) is 3. The second-order valence-electron chi connectivity index (χ2n) is 2.71. The van der Waals surface area contributed by atoms with Gasteiger partial charge in [-0.15, -0.1) is 11.3 Å². The Labute approximate surface area is 78.0 Å². The molecule has 0 radical (unpaired) electrons. The van der Waals surface area contributed by atoms with Gasteiger partial charge in [-0.2, -0.15) is 0 Å². The van der Waals surface area contributed by atoms with Crippen LogP contribution in [0.25, 0.3) is 0 Å². The van der Waals surface area contributed by atoms with Gasteiger partial charge in [0.1, 0.15) is 0 Å². The van der Waals surface area contributed by atoms with Crippen LogP contribution in [0.4, 0.5) is 5.00 Å². The molecule has 0 aliphatic heterocycles. The fourth-order valence-electron chi connectivity index (χ4n) is 0.995. The number of rotatable bonds is 5. The summed E-state index contributed by atoms with van der Waals surface area (Å²) < 4.78 is 0. The van der Waals surface area contributed by atoms with Crippen LogP contribution < -0.4 is 10.6 Å². The summed E-state index contributed by atoms with van der Waals surface area (Å²) >= 11 is 1.77. The van der Waals surface area contributed by atoms with Crippen molar-refractivity contribution in [2.45, 2.75) is 13.8 Å². The summed E-state index contributed by atoms with van der Waals surface area (Å²) in [5, 5.41) is 10.1. The van der Waals surface area contributed by atoms with Crippen molar-refractivity contribution in [1.29, 1.82) is 0 Å². The standard InChI is InChI=1S/C9H16N2S/c1-3-10-5-6-11-9-8(2)4-7-12-9/h4,7,10-11H,3,5-6H2,1-2H3. The Balaban J connectivity index is 2.20. The zero-order valence-electron chi connectivity index (χ0n) is 7.68. The number of nitrogens with one attached hydrogen (secondary N) is 2. The van der Waals surface area contributed by atoms with Gasteiger partial charge >= 0.3 is 0 Å². The van der Waals surface area contributed by atoms with Crippen molar-refractivity contribution < 1.29 is 0 Å². The van der Waals surface area contributed by atoms with Crippen LogP contribution in [0.15, 0.2) is 11.4 Å². The molecule has 0 spiro atoms. The second-order valence-corrected chi connectivity index (χ2v) is 3.63. The number of aryl methyl sites for hydroxylation is 1. The zero-order chi connectivity index (χ0) is 8.81. The molecule has 68 valence electrons. The van der Waals surface area contributed by atoms with Gasteiger partial charge in [0.15, 0.2) is 0 Å². The third kappa shape index (κ3) is 2.83. The fraction of sp³-hybridized carbons (Fsp3) is 0.556. The summed E-state index contributed by atoms with van der Waals surface area (Å²) in [6, 6.07) is 2.14. The molecule has 1 rings (SSSR count). The molecule has 1 aromatic heterocycles. The topological polar surface area (TPSA) is 24.1 Å². The minimum Gasteiger partial charge on any atom is -0.375 e. The number of thiophene rings is 1. The maximum Gasteiger partial charge on any atom is 0.0912 e. The average Bonchev–Trinajstić information content (AvgIpc) is 2.46. The molecule has 0 unspecified atom stereocenters. The molecule has 0 aromatic carbocycles. The Morgan fingerprint density at radius 1 is 1.42 bits per heavy atom. The molecule has 2 N–H and O–H groups in total. The van der Waals surface area contributed by atoms with Crippen LogP contribution >= 0.6 is 11.3 Å². The Morgan fingerprint density at radius 2 is 2.25 bits per heavy atom. The summed E-state index contributed by atoms with van der Waals surface area (Å²) in [6.07, 6.45) is 0. The molecule has 1 heterocycles. The lowest BCUT2D eigenvalue weighted by atomic mass is 10.4. The van der Waals surface area contributed by atoms with Crippen molar-refractivity contribution in [3.8, 4) is 0 Å². The molecule has 1 aromatic rings. The van der Waals surface area contributed by atoms with Crippen LogP contribution in [-0.2, 0) is 0 Å². The van der Waals surface area contributed by atoms with Gasteiger partial charge in [0.05, 0.1) is 5.00 Å². The first-order valence-electron chi connectivity index (χ1n) is 4.33. The first-order chi connectivity index (χ1) is 5.84. The van der Waals surface area contributed by atoms with Crippen LogP contribution in [0.1, 0.15) is 12.5 Å². The quantitative estimate of drug-likeness (QED) is 0.685. The molecule has 12 heavy (non-hydrogen) atoms. The van der Waals surface area contributed by atoms with Crippen LogP contribution in [0.2, 0.25) is 0 Å². The van der Waals surface area contributed by atoms with Gasteiger partial charge in [0, 0.05) is 13.1 Å². The molecule has 0 bridgehead atoms. The van der Waals surface area contributed by atoms with E-state index in [1.54, 1.807) is 11.3 Å². The van der Waals surface area contributed by atoms with E-state index in [-0.39, 0.29) is 0 Å². The van der Waals surface area contributed by atoms with Gasteiger partial charge in [-0.05, 0) is 30.5 Å². The Bertz CT molecular complexity index is 220. The summed E-state index contributed by atoms with van der Waals surface area (Å²) in [5.74, 6) is 0. The maximum absolute atomic E-state index is 3.38. The first kappa shape index (κ1) is 9.55. The van der Waals surface area contributed by atoms with E-state index in [9.17, 15) is 0 Å². The molecule has 3 heteroatoms. The van der Waals surface area contributed by atoms with Gasteiger partial charge in [-0.25, -0.2) is 0 Å². The van der Waals surface area contributed by atoms with E-state index in [2.05, 4.69) is 35.9 Å². The molecular weight excluding hydrogens is 168 g/mol. The zero-order valence-corrected chi connectivity index (χ0v) is 8.50. The lowest BCUT2D eigenvalue weighted by molar-refractivity contribution is 0.739. The maximum atomic E-state index is 3.38. The third-order valence-corrected chi connectivity index (χ3v) is 2.67. The Kier molecular flexibility index (Phi) is 4.11. The predicted molar refractivity (Wildman–Crippen MR) is 56.1 cm³/mol. The van der Waals surface area contributed by atoms with Crippen LogP contribution in [0.3, 0.4) is 0 Å². The molecule has 0 amide bonds. The smallest absolute Gasteiger partial charge is 0.0912 e. The molecule has 0 saturated heterocycles.